The van der Waals surface area contributed by atoms with E-state index in [2.05, 4.69) is 34.7 Å². The Morgan fingerprint density at radius 1 is 1.15 bits per heavy atom. The predicted octanol–water partition coefficient (Wildman–Crippen LogP) is 4.35. The summed E-state index contributed by atoms with van der Waals surface area (Å²) in [5.41, 5.74) is -0.866. The van der Waals surface area contributed by atoms with Gasteiger partial charge in [-0.15, -0.1) is 0 Å². The molecule has 148 valence electrons. The van der Waals surface area contributed by atoms with Crippen molar-refractivity contribution in [2.75, 3.05) is 32.1 Å². The first-order chi connectivity index (χ1) is 12.6. The van der Waals surface area contributed by atoms with Crippen LogP contribution in [0, 0.1) is 5.92 Å². The largest absolute Gasteiger partial charge is 0.462 e. The molecule has 5 heteroatoms. The molecule has 2 rings (SSSR count). The monoisotopic (exact) mass is 427 g/mol. The second-order valence-electron chi connectivity index (χ2n) is 6.63. The van der Waals surface area contributed by atoms with Crippen molar-refractivity contribution >= 4 is 21.9 Å². The Hall–Kier alpha value is -0.910. The SMILES string of the molecule is CBr.CCN(CC)CCOC(=O)C(O)(c1ccccc1)C1CCCCC1. The van der Waals surface area contributed by atoms with Gasteiger partial charge in [-0.1, -0.05) is 79.4 Å². The van der Waals surface area contributed by atoms with Crippen LogP contribution in [0.15, 0.2) is 30.3 Å². The molecule has 0 saturated heterocycles. The predicted molar refractivity (Wildman–Crippen MR) is 111 cm³/mol. The molecule has 0 spiro atoms. The van der Waals surface area contributed by atoms with E-state index in [1.165, 1.54) is 6.42 Å². The maximum Gasteiger partial charge on any atom is 0.343 e. The van der Waals surface area contributed by atoms with Gasteiger partial charge < -0.3 is 14.7 Å². The topological polar surface area (TPSA) is 49.8 Å². The van der Waals surface area contributed by atoms with Crippen molar-refractivity contribution in [3.05, 3.63) is 35.9 Å². The highest BCUT2D eigenvalue weighted by molar-refractivity contribution is 9.08. The number of nitrogens with zero attached hydrogens (tertiary/aromatic N) is 1. The molecule has 1 aliphatic carbocycles. The van der Waals surface area contributed by atoms with E-state index in [9.17, 15) is 9.90 Å². The molecule has 1 saturated carbocycles. The standard InChI is InChI=1S/C20H31NO3.CH3Br/c1-3-21(4-2)15-16-24-19(22)20(23,17-11-7-5-8-12-17)18-13-9-6-10-14-18;1-2/h5,7-8,11-12,18,23H,3-4,6,9-10,13-16H2,1-2H3;1H3. The van der Waals surface area contributed by atoms with Gasteiger partial charge in [-0.25, -0.2) is 4.79 Å². The van der Waals surface area contributed by atoms with Gasteiger partial charge in [0.2, 0.25) is 0 Å². The van der Waals surface area contributed by atoms with Crippen LogP contribution in [0.25, 0.3) is 0 Å². The molecule has 0 aromatic heterocycles. The summed E-state index contributed by atoms with van der Waals surface area (Å²) < 4.78 is 5.52. The van der Waals surface area contributed by atoms with Gasteiger partial charge in [0.1, 0.15) is 6.61 Å². The van der Waals surface area contributed by atoms with E-state index in [1.54, 1.807) is 0 Å². The molecule has 1 aromatic rings. The molecule has 1 atom stereocenters. The number of ether oxygens (including phenoxy) is 1. The van der Waals surface area contributed by atoms with E-state index in [4.69, 9.17) is 4.74 Å². The molecular formula is C21H34BrNO3. The minimum atomic E-state index is -1.52. The quantitative estimate of drug-likeness (QED) is 0.494. The average Bonchev–Trinajstić information content (AvgIpc) is 2.73. The van der Waals surface area contributed by atoms with E-state index >= 15 is 0 Å². The Labute approximate surface area is 167 Å². The summed E-state index contributed by atoms with van der Waals surface area (Å²) in [6, 6.07) is 9.30. The van der Waals surface area contributed by atoms with Gasteiger partial charge in [0.15, 0.2) is 5.60 Å². The summed E-state index contributed by atoms with van der Waals surface area (Å²) >= 11 is 2.94. The third kappa shape index (κ3) is 6.07. The van der Waals surface area contributed by atoms with Crippen LogP contribution < -0.4 is 0 Å². The highest BCUT2D eigenvalue weighted by Gasteiger charge is 2.47. The molecule has 1 fully saturated rings. The van der Waals surface area contributed by atoms with Crippen molar-refractivity contribution in [1.82, 2.24) is 4.90 Å². The summed E-state index contributed by atoms with van der Waals surface area (Å²) in [6.07, 6.45) is 5.05. The molecule has 0 heterocycles. The van der Waals surface area contributed by atoms with E-state index < -0.39 is 11.6 Å². The van der Waals surface area contributed by atoms with Gasteiger partial charge in [0.25, 0.3) is 0 Å². The number of benzene rings is 1. The maximum absolute atomic E-state index is 12.8. The first-order valence-electron chi connectivity index (χ1n) is 9.68. The zero-order valence-electron chi connectivity index (χ0n) is 16.4. The molecule has 1 aliphatic rings. The van der Waals surface area contributed by atoms with Gasteiger partial charge in [-0.3, -0.25) is 0 Å². The summed E-state index contributed by atoms with van der Waals surface area (Å²) in [7, 11) is 0. The van der Waals surface area contributed by atoms with Gasteiger partial charge in [0, 0.05) is 12.5 Å². The van der Waals surface area contributed by atoms with Crippen molar-refractivity contribution in [1.29, 1.82) is 0 Å². The summed E-state index contributed by atoms with van der Waals surface area (Å²) in [5.74, 6) is 1.26. The third-order valence-corrected chi connectivity index (χ3v) is 5.26. The molecule has 0 amide bonds. The van der Waals surface area contributed by atoms with Crippen LogP contribution in [-0.4, -0.2) is 48.0 Å². The number of alkyl halides is 1. The maximum atomic E-state index is 12.8. The van der Waals surface area contributed by atoms with E-state index in [-0.39, 0.29) is 5.92 Å². The minimum Gasteiger partial charge on any atom is -0.462 e. The van der Waals surface area contributed by atoms with Crippen LogP contribution in [0.2, 0.25) is 0 Å². The fourth-order valence-electron chi connectivity index (χ4n) is 3.65. The number of hydrogen-bond acceptors (Lipinski definition) is 4. The molecule has 1 aromatic carbocycles. The number of carbonyl (C=O) groups is 1. The summed E-state index contributed by atoms with van der Waals surface area (Å²) in [6.45, 7) is 7.07. The number of aliphatic hydroxyl groups is 1. The average molecular weight is 428 g/mol. The lowest BCUT2D eigenvalue weighted by molar-refractivity contribution is -0.176. The third-order valence-electron chi connectivity index (χ3n) is 5.26. The van der Waals surface area contributed by atoms with Crippen LogP contribution in [0.3, 0.4) is 0 Å². The minimum absolute atomic E-state index is 0.0606. The van der Waals surface area contributed by atoms with Crippen molar-refractivity contribution in [3.8, 4) is 0 Å². The fraction of sp³-hybridized carbons (Fsp3) is 0.667. The van der Waals surface area contributed by atoms with E-state index in [1.807, 2.05) is 36.2 Å². The number of rotatable bonds is 8. The second-order valence-corrected chi connectivity index (χ2v) is 6.63. The van der Waals surface area contributed by atoms with Crippen LogP contribution in [0.5, 0.6) is 0 Å². The molecular weight excluding hydrogens is 394 g/mol. The van der Waals surface area contributed by atoms with Crippen LogP contribution >= 0.6 is 15.9 Å². The van der Waals surface area contributed by atoms with Gasteiger partial charge in [-0.05, 0) is 37.3 Å². The number of carbonyl (C=O) groups excluding carboxylic acids is 1. The molecule has 1 N–H and O–H groups in total. The Bertz CT molecular complexity index is 501. The summed E-state index contributed by atoms with van der Waals surface area (Å²) in [4.78, 5) is 15.0. The van der Waals surface area contributed by atoms with Crippen LogP contribution in [0.1, 0.15) is 51.5 Å². The Kier molecular flexibility index (Phi) is 11.1. The zero-order valence-corrected chi connectivity index (χ0v) is 18.0. The highest BCUT2D eigenvalue weighted by Crippen LogP contribution is 2.40. The Balaban J connectivity index is 0.00000163. The lowest BCUT2D eigenvalue weighted by Gasteiger charge is -2.36. The lowest BCUT2D eigenvalue weighted by Crippen LogP contribution is -2.45. The van der Waals surface area contributed by atoms with E-state index in [0.717, 1.165) is 38.8 Å². The molecule has 0 aliphatic heterocycles. The van der Waals surface area contributed by atoms with E-state index in [0.29, 0.717) is 18.7 Å². The van der Waals surface area contributed by atoms with Crippen molar-refractivity contribution in [2.45, 2.75) is 51.6 Å². The fourth-order valence-corrected chi connectivity index (χ4v) is 3.65. The number of hydrogen-bond donors (Lipinski definition) is 1. The molecule has 26 heavy (non-hydrogen) atoms. The molecule has 4 nitrogen and oxygen atoms in total. The Morgan fingerprint density at radius 3 is 2.27 bits per heavy atom. The molecule has 1 unspecified atom stereocenters. The number of likely N-dealkylation sites (N-methyl/N-ethyl adjacent to an activating group) is 1. The van der Waals surface area contributed by atoms with Crippen LogP contribution in [-0.2, 0) is 15.1 Å². The first kappa shape index (κ1) is 23.1. The van der Waals surface area contributed by atoms with Gasteiger partial charge >= 0.3 is 5.97 Å². The smallest absolute Gasteiger partial charge is 0.343 e. The zero-order chi connectivity index (χ0) is 19.4. The Morgan fingerprint density at radius 2 is 1.73 bits per heavy atom. The molecule has 0 radical (unpaired) electrons. The lowest BCUT2D eigenvalue weighted by atomic mass is 9.73. The molecule has 0 bridgehead atoms. The normalized spacial score (nSPS) is 17.2. The highest BCUT2D eigenvalue weighted by atomic mass is 79.9. The van der Waals surface area contributed by atoms with Crippen molar-refractivity contribution in [2.24, 2.45) is 5.92 Å². The number of halogens is 1. The van der Waals surface area contributed by atoms with Crippen molar-refractivity contribution in [3.63, 3.8) is 0 Å². The second kappa shape index (κ2) is 12.5. The first-order valence-corrected chi connectivity index (χ1v) is 11.3. The van der Waals surface area contributed by atoms with Crippen LogP contribution in [0.4, 0.5) is 0 Å². The summed E-state index contributed by atoms with van der Waals surface area (Å²) in [5, 5.41) is 11.4. The number of esters is 1. The van der Waals surface area contributed by atoms with Crippen molar-refractivity contribution < 1.29 is 14.6 Å². The van der Waals surface area contributed by atoms with Gasteiger partial charge in [-0.2, -0.15) is 0 Å². The van der Waals surface area contributed by atoms with Gasteiger partial charge in [0.05, 0.1) is 0 Å².